The highest BCUT2D eigenvalue weighted by Crippen LogP contribution is 2.32. The van der Waals surface area contributed by atoms with Gasteiger partial charge in [-0.15, -0.1) is 0 Å². The minimum Gasteiger partial charge on any atom is -0.321 e. The molecule has 0 saturated heterocycles. The molecule has 1 unspecified atom stereocenters. The molecule has 13 heavy (non-hydrogen) atoms. The summed E-state index contributed by atoms with van der Waals surface area (Å²) in [5.74, 6) is 1.54. The molecule has 1 aliphatic rings. The van der Waals surface area contributed by atoms with Gasteiger partial charge in [-0.25, -0.2) is 4.98 Å². The van der Waals surface area contributed by atoms with Crippen LogP contribution in [0.2, 0.25) is 0 Å². The van der Waals surface area contributed by atoms with Gasteiger partial charge in [0.1, 0.15) is 12.2 Å². The van der Waals surface area contributed by atoms with Crippen LogP contribution in [0.4, 0.5) is 0 Å². The molecule has 4 nitrogen and oxygen atoms in total. The summed E-state index contributed by atoms with van der Waals surface area (Å²) in [5, 5.41) is 4.03. The molecule has 0 aliphatic heterocycles. The molecule has 4 heteroatoms. The van der Waals surface area contributed by atoms with Gasteiger partial charge in [0, 0.05) is 7.05 Å². The van der Waals surface area contributed by atoms with Crippen LogP contribution in [-0.4, -0.2) is 14.8 Å². The van der Waals surface area contributed by atoms with Crippen molar-refractivity contribution in [2.45, 2.75) is 31.7 Å². The second-order valence-corrected chi connectivity index (χ2v) is 3.81. The summed E-state index contributed by atoms with van der Waals surface area (Å²) in [6.45, 7) is 0. The fourth-order valence-electron chi connectivity index (χ4n) is 2.13. The molecule has 1 atom stereocenters. The zero-order chi connectivity index (χ0) is 9.26. The highest BCUT2D eigenvalue weighted by molar-refractivity contribution is 4.96. The highest BCUT2D eigenvalue weighted by atomic mass is 15.3. The van der Waals surface area contributed by atoms with Crippen LogP contribution in [0.15, 0.2) is 6.33 Å². The Hall–Kier alpha value is -0.900. The molecule has 1 heterocycles. The van der Waals surface area contributed by atoms with E-state index in [1.165, 1.54) is 25.7 Å². The molecular weight excluding hydrogens is 164 g/mol. The van der Waals surface area contributed by atoms with Crippen LogP contribution in [0, 0.1) is 5.92 Å². The maximum absolute atomic E-state index is 6.12. The van der Waals surface area contributed by atoms with E-state index in [4.69, 9.17) is 5.73 Å². The van der Waals surface area contributed by atoms with Gasteiger partial charge in [-0.3, -0.25) is 4.68 Å². The predicted octanol–water partition coefficient (Wildman–Crippen LogP) is 1.01. The maximum atomic E-state index is 6.12. The molecule has 1 aromatic rings. The second kappa shape index (κ2) is 3.46. The van der Waals surface area contributed by atoms with Crippen LogP contribution >= 0.6 is 0 Å². The summed E-state index contributed by atoms with van der Waals surface area (Å²) in [5.41, 5.74) is 6.12. The zero-order valence-corrected chi connectivity index (χ0v) is 7.98. The van der Waals surface area contributed by atoms with Gasteiger partial charge in [0.25, 0.3) is 0 Å². The monoisotopic (exact) mass is 180 g/mol. The number of hydrogen-bond acceptors (Lipinski definition) is 3. The first-order valence-corrected chi connectivity index (χ1v) is 4.88. The fourth-order valence-corrected chi connectivity index (χ4v) is 2.13. The molecule has 2 rings (SSSR count). The van der Waals surface area contributed by atoms with Crippen molar-refractivity contribution in [1.82, 2.24) is 14.8 Å². The number of aryl methyl sites for hydroxylation is 1. The van der Waals surface area contributed by atoms with Gasteiger partial charge in [0.2, 0.25) is 0 Å². The molecule has 2 N–H and O–H groups in total. The third kappa shape index (κ3) is 1.58. The third-order valence-corrected chi connectivity index (χ3v) is 2.95. The predicted molar refractivity (Wildman–Crippen MR) is 49.9 cm³/mol. The largest absolute Gasteiger partial charge is 0.321 e. The van der Waals surface area contributed by atoms with Crippen molar-refractivity contribution in [2.24, 2.45) is 18.7 Å². The second-order valence-electron chi connectivity index (χ2n) is 3.81. The van der Waals surface area contributed by atoms with Gasteiger partial charge in [-0.1, -0.05) is 12.8 Å². The molecule has 1 aromatic heterocycles. The minimum atomic E-state index is 0.0787. The van der Waals surface area contributed by atoms with Crippen molar-refractivity contribution in [3.63, 3.8) is 0 Å². The quantitative estimate of drug-likeness (QED) is 0.738. The first kappa shape index (κ1) is 8.69. The van der Waals surface area contributed by atoms with Gasteiger partial charge < -0.3 is 5.73 Å². The minimum absolute atomic E-state index is 0.0787. The van der Waals surface area contributed by atoms with E-state index in [9.17, 15) is 0 Å². The average molecular weight is 180 g/mol. The molecule has 1 aliphatic carbocycles. The molecule has 72 valence electrons. The standard InChI is InChI=1S/C9H16N4/c1-13-9(11-6-12-13)8(10)7-4-2-3-5-7/h6-8H,2-5,10H2,1H3. The van der Waals surface area contributed by atoms with E-state index in [0.717, 1.165) is 5.82 Å². The van der Waals surface area contributed by atoms with E-state index < -0.39 is 0 Å². The van der Waals surface area contributed by atoms with Gasteiger partial charge in [-0.2, -0.15) is 5.10 Å². The summed E-state index contributed by atoms with van der Waals surface area (Å²) in [7, 11) is 1.90. The maximum Gasteiger partial charge on any atom is 0.143 e. The van der Waals surface area contributed by atoms with Crippen LogP contribution in [-0.2, 0) is 7.05 Å². The molecule has 0 radical (unpaired) electrons. The Bertz CT molecular complexity index is 275. The van der Waals surface area contributed by atoms with Crippen molar-refractivity contribution < 1.29 is 0 Å². The van der Waals surface area contributed by atoms with E-state index >= 15 is 0 Å². The van der Waals surface area contributed by atoms with Crippen molar-refractivity contribution in [2.75, 3.05) is 0 Å². The van der Waals surface area contributed by atoms with Crippen molar-refractivity contribution in [3.05, 3.63) is 12.2 Å². The molecular formula is C9H16N4. The number of hydrogen-bond donors (Lipinski definition) is 1. The van der Waals surface area contributed by atoms with Crippen molar-refractivity contribution >= 4 is 0 Å². The summed E-state index contributed by atoms with van der Waals surface area (Å²) in [4.78, 5) is 4.19. The summed E-state index contributed by atoms with van der Waals surface area (Å²) in [6.07, 6.45) is 6.69. The van der Waals surface area contributed by atoms with E-state index in [1.54, 1.807) is 11.0 Å². The Kier molecular flexibility index (Phi) is 2.31. The van der Waals surface area contributed by atoms with Gasteiger partial charge in [0.05, 0.1) is 6.04 Å². The Labute approximate surface area is 78.1 Å². The molecule has 1 fully saturated rings. The SMILES string of the molecule is Cn1ncnc1C(N)C1CCCC1. The number of nitrogens with two attached hydrogens (primary N) is 1. The average Bonchev–Trinajstić information content (AvgIpc) is 2.72. The number of aromatic nitrogens is 3. The number of rotatable bonds is 2. The normalized spacial score (nSPS) is 20.8. The Morgan fingerprint density at radius 3 is 2.77 bits per heavy atom. The molecule has 0 aromatic carbocycles. The van der Waals surface area contributed by atoms with E-state index in [-0.39, 0.29) is 6.04 Å². The fraction of sp³-hybridized carbons (Fsp3) is 0.778. The summed E-state index contributed by atoms with van der Waals surface area (Å²) in [6, 6.07) is 0.0787. The lowest BCUT2D eigenvalue weighted by atomic mass is 9.98. The van der Waals surface area contributed by atoms with Gasteiger partial charge in [-0.05, 0) is 18.8 Å². The van der Waals surface area contributed by atoms with Gasteiger partial charge >= 0.3 is 0 Å². The molecule has 0 bridgehead atoms. The molecule has 0 amide bonds. The Morgan fingerprint density at radius 1 is 1.54 bits per heavy atom. The van der Waals surface area contributed by atoms with Crippen LogP contribution in [0.25, 0.3) is 0 Å². The Morgan fingerprint density at radius 2 is 2.23 bits per heavy atom. The van der Waals surface area contributed by atoms with E-state index in [2.05, 4.69) is 10.1 Å². The van der Waals surface area contributed by atoms with Crippen LogP contribution in [0.5, 0.6) is 0 Å². The van der Waals surface area contributed by atoms with Crippen LogP contribution in [0.3, 0.4) is 0 Å². The van der Waals surface area contributed by atoms with E-state index in [0.29, 0.717) is 5.92 Å². The highest BCUT2D eigenvalue weighted by Gasteiger charge is 2.25. The lowest BCUT2D eigenvalue weighted by molar-refractivity contribution is 0.414. The number of nitrogens with zero attached hydrogens (tertiary/aromatic N) is 3. The Balaban J connectivity index is 2.12. The smallest absolute Gasteiger partial charge is 0.143 e. The summed E-state index contributed by atoms with van der Waals surface area (Å²) < 4.78 is 1.78. The third-order valence-electron chi connectivity index (χ3n) is 2.95. The molecule has 0 spiro atoms. The van der Waals surface area contributed by atoms with Crippen LogP contribution in [0.1, 0.15) is 37.5 Å². The van der Waals surface area contributed by atoms with Crippen LogP contribution < -0.4 is 5.73 Å². The van der Waals surface area contributed by atoms with Gasteiger partial charge in [0.15, 0.2) is 0 Å². The zero-order valence-electron chi connectivity index (χ0n) is 7.98. The first-order chi connectivity index (χ1) is 6.29. The summed E-state index contributed by atoms with van der Waals surface area (Å²) >= 11 is 0. The first-order valence-electron chi connectivity index (χ1n) is 4.88. The van der Waals surface area contributed by atoms with Crippen molar-refractivity contribution in [3.8, 4) is 0 Å². The molecule has 1 saturated carbocycles. The lowest BCUT2D eigenvalue weighted by Gasteiger charge is -2.17. The lowest BCUT2D eigenvalue weighted by Crippen LogP contribution is -2.22. The topological polar surface area (TPSA) is 56.7 Å². The van der Waals surface area contributed by atoms with E-state index in [1.807, 2.05) is 7.05 Å². The van der Waals surface area contributed by atoms with Crippen molar-refractivity contribution in [1.29, 1.82) is 0 Å².